The molecule has 0 unspecified atom stereocenters. The minimum atomic E-state index is 0.199. The van der Waals surface area contributed by atoms with Crippen molar-refractivity contribution in [1.82, 2.24) is 0 Å². The van der Waals surface area contributed by atoms with Gasteiger partial charge >= 0.3 is 0 Å². The molecule has 1 aliphatic heterocycles. The zero-order valence-corrected chi connectivity index (χ0v) is 24.4. The zero-order valence-electron chi connectivity index (χ0n) is 24.4. The Labute approximate surface area is 239 Å². The van der Waals surface area contributed by atoms with Crippen molar-refractivity contribution in [3.8, 4) is 0 Å². The molecule has 0 atom stereocenters. The quantitative estimate of drug-likeness (QED) is 0.221. The van der Waals surface area contributed by atoms with Crippen LogP contribution in [-0.2, 0) is 0 Å². The second kappa shape index (κ2) is 9.27. The van der Waals surface area contributed by atoms with Gasteiger partial charge in [0, 0.05) is 0 Å². The van der Waals surface area contributed by atoms with E-state index in [9.17, 15) is 0 Å². The second-order valence-corrected chi connectivity index (χ2v) is 12.1. The van der Waals surface area contributed by atoms with Gasteiger partial charge in [-0.25, -0.2) is 0 Å². The SMILES string of the molecule is Cc1cc(C)c(B2c3ccccc3B(c3c(C)cc(C)cc3C)c3cc4cc5ccccc5cc4cc32)c(C)c1. The van der Waals surface area contributed by atoms with Gasteiger partial charge in [0.1, 0.15) is 0 Å². The van der Waals surface area contributed by atoms with E-state index in [1.165, 1.54) is 87.7 Å². The van der Waals surface area contributed by atoms with Crippen molar-refractivity contribution in [3.05, 3.63) is 130 Å². The summed E-state index contributed by atoms with van der Waals surface area (Å²) in [6, 6.07) is 37.2. The van der Waals surface area contributed by atoms with Crippen molar-refractivity contribution in [2.45, 2.75) is 41.5 Å². The van der Waals surface area contributed by atoms with E-state index in [1.807, 2.05) is 0 Å². The lowest BCUT2D eigenvalue weighted by atomic mass is 9.20. The number of hydrogen-bond donors (Lipinski definition) is 0. The summed E-state index contributed by atoms with van der Waals surface area (Å²) in [7, 11) is 0. The Bertz CT molecular complexity index is 1790. The number of aryl methyl sites for hydroxylation is 6. The lowest BCUT2D eigenvalue weighted by molar-refractivity contribution is 1.35. The predicted molar refractivity (Wildman–Crippen MR) is 179 cm³/mol. The van der Waals surface area contributed by atoms with Gasteiger partial charge in [-0.15, -0.1) is 0 Å². The molecule has 0 amide bonds. The van der Waals surface area contributed by atoms with Crippen LogP contribution in [0, 0.1) is 41.5 Å². The molecule has 0 nitrogen and oxygen atoms in total. The van der Waals surface area contributed by atoms with E-state index in [2.05, 4.69) is 139 Å². The first kappa shape index (κ1) is 25.0. The normalized spacial score (nSPS) is 12.7. The van der Waals surface area contributed by atoms with E-state index >= 15 is 0 Å². The molecule has 0 fully saturated rings. The maximum Gasteiger partial charge on any atom is 0.240 e. The number of hydrogen-bond acceptors (Lipinski definition) is 0. The van der Waals surface area contributed by atoms with Gasteiger partial charge in [0.15, 0.2) is 0 Å². The minimum absolute atomic E-state index is 0.199. The van der Waals surface area contributed by atoms with Crippen LogP contribution in [0.25, 0.3) is 21.5 Å². The Morgan fingerprint density at radius 2 is 0.700 bits per heavy atom. The summed E-state index contributed by atoms with van der Waals surface area (Å²) < 4.78 is 0. The molecule has 1 aliphatic rings. The van der Waals surface area contributed by atoms with Gasteiger partial charge < -0.3 is 0 Å². The Morgan fingerprint density at radius 1 is 0.350 bits per heavy atom. The third-order valence-corrected chi connectivity index (χ3v) is 9.20. The van der Waals surface area contributed by atoms with E-state index < -0.39 is 0 Å². The lowest BCUT2D eigenvalue weighted by Gasteiger charge is -2.35. The van der Waals surface area contributed by atoms with Crippen LogP contribution in [0.2, 0.25) is 0 Å². The summed E-state index contributed by atoms with van der Waals surface area (Å²) in [6.07, 6.45) is 0. The van der Waals surface area contributed by atoms with Gasteiger partial charge in [-0.05, 0) is 75.2 Å². The highest BCUT2D eigenvalue weighted by Crippen LogP contribution is 2.23. The van der Waals surface area contributed by atoms with Gasteiger partial charge in [-0.1, -0.05) is 151 Å². The van der Waals surface area contributed by atoms with Crippen molar-refractivity contribution >= 4 is 67.7 Å². The van der Waals surface area contributed by atoms with Crippen molar-refractivity contribution < 1.29 is 0 Å². The molecule has 0 aromatic heterocycles. The van der Waals surface area contributed by atoms with Gasteiger partial charge in [0.05, 0.1) is 0 Å². The first-order valence-electron chi connectivity index (χ1n) is 14.5. The lowest BCUT2D eigenvalue weighted by Crippen LogP contribution is -2.75. The molecule has 0 saturated heterocycles. The molecule has 0 spiro atoms. The monoisotopic (exact) mass is 512 g/mol. The van der Waals surface area contributed by atoms with Gasteiger partial charge in [0.25, 0.3) is 0 Å². The molecule has 0 bridgehead atoms. The molecule has 1 heterocycles. The molecule has 6 aromatic rings. The maximum atomic E-state index is 2.52. The molecule has 7 rings (SSSR count). The van der Waals surface area contributed by atoms with Gasteiger partial charge in [0.2, 0.25) is 13.4 Å². The van der Waals surface area contributed by atoms with Crippen LogP contribution < -0.4 is 32.8 Å². The zero-order chi connectivity index (χ0) is 27.7. The van der Waals surface area contributed by atoms with Crippen molar-refractivity contribution in [2.75, 3.05) is 0 Å². The minimum Gasteiger partial charge on any atom is -0.0733 e. The Morgan fingerprint density at radius 3 is 1.07 bits per heavy atom. The Hall–Kier alpha value is -4.03. The summed E-state index contributed by atoms with van der Waals surface area (Å²) in [4.78, 5) is 0. The third kappa shape index (κ3) is 3.85. The molecule has 192 valence electrons. The van der Waals surface area contributed by atoms with Gasteiger partial charge in [-0.3, -0.25) is 0 Å². The summed E-state index contributed by atoms with van der Waals surface area (Å²) in [5.41, 5.74) is 16.8. The maximum absolute atomic E-state index is 2.52. The van der Waals surface area contributed by atoms with Crippen LogP contribution >= 0.6 is 0 Å². The molecular weight excluding hydrogens is 478 g/mol. The van der Waals surface area contributed by atoms with E-state index in [0.29, 0.717) is 0 Å². The first-order chi connectivity index (χ1) is 19.3. The highest BCUT2D eigenvalue weighted by atomic mass is 14.2. The molecule has 6 aromatic carbocycles. The molecule has 0 aliphatic carbocycles. The van der Waals surface area contributed by atoms with Crippen LogP contribution in [0.1, 0.15) is 33.4 Å². The average Bonchev–Trinajstić information content (AvgIpc) is 2.91. The molecule has 0 saturated carbocycles. The molecular formula is C38H34B2. The fraction of sp³-hybridized carbons (Fsp3) is 0.158. The standard InChI is InChI=1S/C38H34B2/c1-23-15-25(3)37(26(4)16-23)39-33-13-9-10-14-34(33)40(38-27(5)17-24(2)18-28(38)6)36-22-32-20-30-12-8-7-11-29(30)19-31(32)21-35(36)39/h7-22H,1-6H3. The summed E-state index contributed by atoms with van der Waals surface area (Å²) in [5.74, 6) is 0. The van der Waals surface area contributed by atoms with Gasteiger partial charge in [-0.2, -0.15) is 0 Å². The first-order valence-corrected chi connectivity index (χ1v) is 14.5. The van der Waals surface area contributed by atoms with Crippen LogP contribution in [0.4, 0.5) is 0 Å². The smallest absolute Gasteiger partial charge is 0.0733 e. The van der Waals surface area contributed by atoms with Crippen molar-refractivity contribution in [1.29, 1.82) is 0 Å². The molecule has 2 heteroatoms. The average molecular weight is 512 g/mol. The van der Waals surface area contributed by atoms with E-state index in [-0.39, 0.29) is 13.4 Å². The number of rotatable bonds is 2. The largest absolute Gasteiger partial charge is 0.240 e. The highest BCUT2D eigenvalue weighted by molar-refractivity contribution is 7.11. The molecule has 0 N–H and O–H groups in total. The fourth-order valence-electron chi connectivity index (χ4n) is 7.81. The fourth-order valence-corrected chi connectivity index (χ4v) is 7.81. The summed E-state index contributed by atoms with van der Waals surface area (Å²) in [5, 5.41) is 5.24. The summed E-state index contributed by atoms with van der Waals surface area (Å²) in [6.45, 7) is 14.0. The number of fused-ring (bicyclic) bond motifs is 4. The highest BCUT2D eigenvalue weighted by Gasteiger charge is 2.40. The van der Waals surface area contributed by atoms with Crippen molar-refractivity contribution in [2.24, 2.45) is 0 Å². The van der Waals surface area contributed by atoms with E-state index in [0.717, 1.165) is 0 Å². The van der Waals surface area contributed by atoms with E-state index in [4.69, 9.17) is 0 Å². The second-order valence-electron chi connectivity index (χ2n) is 12.1. The number of benzene rings is 6. The van der Waals surface area contributed by atoms with E-state index in [1.54, 1.807) is 0 Å². The third-order valence-electron chi connectivity index (χ3n) is 9.20. The van der Waals surface area contributed by atoms with Crippen LogP contribution in [0.5, 0.6) is 0 Å². The molecule has 0 radical (unpaired) electrons. The van der Waals surface area contributed by atoms with Crippen LogP contribution in [-0.4, -0.2) is 13.4 Å². The topological polar surface area (TPSA) is 0 Å². The summed E-state index contributed by atoms with van der Waals surface area (Å²) >= 11 is 0. The van der Waals surface area contributed by atoms with Crippen molar-refractivity contribution in [3.63, 3.8) is 0 Å². The molecule has 40 heavy (non-hydrogen) atoms. The Kier molecular flexibility index (Phi) is 5.79. The predicted octanol–water partition coefficient (Wildman–Crippen LogP) is 5.19. The van der Waals surface area contributed by atoms with Crippen LogP contribution in [0.15, 0.2) is 97.1 Å². The Balaban J connectivity index is 1.62. The van der Waals surface area contributed by atoms with Crippen LogP contribution in [0.3, 0.4) is 0 Å².